The molecule has 3 N–H and O–H groups in total. The molecule has 3 aromatic rings. The van der Waals surface area contributed by atoms with Gasteiger partial charge in [-0.15, -0.1) is 11.3 Å². The zero-order chi connectivity index (χ0) is 22.6. The summed E-state index contributed by atoms with van der Waals surface area (Å²) in [4.78, 5) is 16.0. The van der Waals surface area contributed by atoms with E-state index in [0.29, 0.717) is 23.2 Å². The molecule has 0 spiro atoms. The maximum absolute atomic E-state index is 13.1. The van der Waals surface area contributed by atoms with Crippen molar-refractivity contribution in [3.63, 3.8) is 0 Å². The minimum atomic E-state index is -4.11. The van der Waals surface area contributed by atoms with Crippen molar-refractivity contribution in [3.05, 3.63) is 47.0 Å². The van der Waals surface area contributed by atoms with E-state index < -0.39 is 7.60 Å². The Bertz CT molecular complexity index is 1040. The Morgan fingerprint density at radius 3 is 2.55 bits per heavy atom. The number of ether oxygens (including phenoxy) is 1. The number of nitrogens with zero attached hydrogens (tertiary/aromatic N) is 1. The van der Waals surface area contributed by atoms with Gasteiger partial charge in [0.05, 0.1) is 20.0 Å². The van der Waals surface area contributed by atoms with Crippen LogP contribution in [0.2, 0.25) is 0 Å². The van der Waals surface area contributed by atoms with Crippen LogP contribution in [0, 0.1) is 11.8 Å². The van der Waals surface area contributed by atoms with Gasteiger partial charge in [0.25, 0.3) is 0 Å². The number of hydrogen-bond donors (Lipinski definition) is 2. The van der Waals surface area contributed by atoms with E-state index in [9.17, 15) is 9.46 Å². The molecule has 1 aromatic carbocycles. The van der Waals surface area contributed by atoms with Gasteiger partial charge >= 0.3 is 7.60 Å². The van der Waals surface area contributed by atoms with Gasteiger partial charge in [0.2, 0.25) is 0 Å². The first-order valence-electron chi connectivity index (χ1n) is 10.1. The van der Waals surface area contributed by atoms with Gasteiger partial charge in [-0.25, -0.2) is 4.98 Å². The maximum Gasteiger partial charge on any atom is 0.362 e. The predicted octanol–water partition coefficient (Wildman–Crippen LogP) is 4.90. The van der Waals surface area contributed by atoms with Crippen LogP contribution in [-0.4, -0.2) is 23.6 Å². The molecule has 0 aliphatic carbocycles. The summed E-state index contributed by atoms with van der Waals surface area (Å²) in [7, 11) is -2.48. The Morgan fingerprint density at radius 1 is 1.19 bits per heavy atom. The Hall–Kier alpha value is -2.12. The highest BCUT2D eigenvalue weighted by Gasteiger charge is 2.32. The molecule has 0 saturated heterocycles. The van der Waals surface area contributed by atoms with Crippen LogP contribution in [-0.2, 0) is 21.9 Å². The molecule has 2 heterocycles. The Balaban J connectivity index is 1.72. The van der Waals surface area contributed by atoms with Gasteiger partial charge in [-0.05, 0) is 48.4 Å². The number of nitrogens with two attached hydrogens (primary N) is 1. The van der Waals surface area contributed by atoms with Crippen molar-refractivity contribution in [1.82, 2.24) is 4.98 Å². The number of furan rings is 1. The van der Waals surface area contributed by atoms with Crippen LogP contribution in [0.1, 0.15) is 31.2 Å². The number of thiazole rings is 1. The number of nitrogen functional groups attached to an aromatic ring is 1. The molecule has 0 saturated carbocycles. The second-order valence-corrected chi connectivity index (χ2v) is 10.9. The zero-order valence-corrected chi connectivity index (χ0v) is 19.9. The molecule has 0 aliphatic rings. The second-order valence-electron chi connectivity index (χ2n) is 8.03. The van der Waals surface area contributed by atoms with Crippen LogP contribution in [0.25, 0.3) is 11.5 Å². The largest absolute Gasteiger partial charge is 0.497 e. The van der Waals surface area contributed by atoms with Gasteiger partial charge in [-0.3, -0.25) is 4.57 Å². The van der Waals surface area contributed by atoms with E-state index in [1.54, 1.807) is 7.11 Å². The minimum absolute atomic E-state index is 0.0376. The normalized spacial score (nSPS) is 14.5. The van der Waals surface area contributed by atoms with Gasteiger partial charge in [0, 0.05) is 4.88 Å². The van der Waals surface area contributed by atoms with Gasteiger partial charge in [-0.2, -0.15) is 0 Å². The van der Waals surface area contributed by atoms with Crippen molar-refractivity contribution in [3.8, 4) is 17.2 Å². The Kier molecular flexibility index (Phi) is 7.59. The first kappa shape index (κ1) is 23.5. The molecule has 0 aliphatic heterocycles. The number of methoxy groups -OCH3 is 1. The molecule has 2 aromatic heterocycles. The monoisotopic (exact) mass is 464 g/mol. The third kappa shape index (κ3) is 5.98. The maximum atomic E-state index is 13.1. The van der Waals surface area contributed by atoms with Crippen LogP contribution in [0.4, 0.5) is 5.13 Å². The molecule has 0 radical (unpaired) electrons. The number of rotatable bonds is 10. The van der Waals surface area contributed by atoms with Crippen LogP contribution >= 0.6 is 18.9 Å². The fourth-order valence-electron chi connectivity index (χ4n) is 3.28. The first-order valence-corrected chi connectivity index (χ1v) is 12.5. The van der Waals surface area contributed by atoms with Crippen molar-refractivity contribution >= 4 is 29.4 Å². The SMILES string of the molecule is COc1ccc(CC(C)COP(=O)(O)c2ccoc2-c2nc(N)sc2CC(C)C)cc1. The summed E-state index contributed by atoms with van der Waals surface area (Å²) in [6.07, 6.45) is 2.84. The van der Waals surface area contributed by atoms with Crippen LogP contribution in [0.15, 0.2) is 41.0 Å². The first-order chi connectivity index (χ1) is 14.7. The number of aromatic nitrogens is 1. The number of benzene rings is 1. The quantitative estimate of drug-likeness (QED) is 0.411. The standard InChI is InChI=1S/C22H29N2O5PS/c1-14(2)11-19-20(24-22(23)31-19)21-18(9-10-28-21)30(25,26)29-13-15(3)12-16-5-7-17(27-4)8-6-16/h5-10,14-15H,11-13H2,1-4H3,(H2,23,24)(H,25,26). The van der Waals surface area contributed by atoms with E-state index in [-0.39, 0.29) is 23.6 Å². The van der Waals surface area contributed by atoms with Crippen molar-refractivity contribution in [2.24, 2.45) is 11.8 Å². The Morgan fingerprint density at radius 2 is 1.90 bits per heavy atom. The molecule has 0 bridgehead atoms. The molecule has 0 fully saturated rings. The lowest BCUT2D eigenvalue weighted by molar-refractivity contribution is 0.229. The van der Waals surface area contributed by atoms with Gasteiger partial charge in [0.1, 0.15) is 16.7 Å². The second kappa shape index (κ2) is 10.0. The summed E-state index contributed by atoms with van der Waals surface area (Å²) >= 11 is 1.37. The number of hydrogen-bond acceptors (Lipinski definition) is 7. The minimum Gasteiger partial charge on any atom is -0.497 e. The third-order valence-electron chi connectivity index (χ3n) is 4.75. The lowest BCUT2D eigenvalue weighted by Crippen LogP contribution is -2.13. The highest BCUT2D eigenvalue weighted by molar-refractivity contribution is 7.61. The summed E-state index contributed by atoms with van der Waals surface area (Å²) in [5, 5.41) is 0.509. The van der Waals surface area contributed by atoms with Crippen LogP contribution in [0.3, 0.4) is 0 Å². The molecule has 2 atom stereocenters. The van der Waals surface area contributed by atoms with E-state index in [2.05, 4.69) is 18.8 Å². The molecule has 168 valence electrons. The van der Waals surface area contributed by atoms with E-state index >= 15 is 0 Å². The molecule has 9 heteroatoms. The molecule has 0 amide bonds. The third-order valence-corrected chi connectivity index (χ3v) is 7.12. The highest BCUT2D eigenvalue weighted by atomic mass is 32.1. The number of anilines is 1. The van der Waals surface area contributed by atoms with Gasteiger partial charge < -0.3 is 24.3 Å². The molecule has 7 nitrogen and oxygen atoms in total. The lowest BCUT2D eigenvalue weighted by Gasteiger charge is -2.16. The molecular weight excluding hydrogens is 435 g/mol. The molecular formula is C22H29N2O5PS. The highest BCUT2D eigenvalue weighted by Crippen LogP contribution is 2.45. The van der Waals surface area contributed by atoms with E-state index in [1.165, 1.54) is 23.7 Å². The van der Waals surface area contributed by atoms with Gasteiger partial charge in [-0.1, -0.05) is 32.9 Å². The average molecular weight is 465 g/mol. The van der Waals surface area contributed by atoms with E-state index in [1.807, 2.05) is 31.2 Å². The van der Waals surface area contributed by atoms with Crippen molar-refractivity contribution in [1.29, 1.82) is 0 Å². The lowest BCUT2D eigenvalue weighted by atomic mass is 10.0. The average Bonchev–Trinajstić information content (AvgIpc) is 3.33. The van der Waals surface area contributed by atoms with Gasteiger partial charge in [0.15, 0.2) is 10.9 Å². The fraction of sp³-hybridized carbons (Fsp3) is 0.409. The van der Waals surface area contributed by atoms with Crippen molar-refractivity contribution in [2.45, 2.75) is 33.6 Å². The summed E-state index contributed by atoms with van der Waals surface area (Å²) < 4.78 is 29.3. The van der Waals surface area contributed by atoms with Crippen molar-refractivity contribution < 1.29 is 23.1 Å². The van der Waals surface area contributed by atoms with E-state index in [4.69, 9.17) is 19.4 Å². The Labute approximate surface area is 186 Å². The smallest absolute Gasteiger partial charge is 0.362 e. The predicted molar refractivity (Wildman–Crippen MR) is 124 cm³/mol. The zero-order valence-electron chi connectivity index (χ0n) is 18.2. The van der Waals surface area contributed by atoms with Crippen LogP contribution < -0.4 is 15.8 Å². The summed E-state index contributed by atoms with van der Waals surface area (Å²) in [6, 6.07) is 9.21. The summed E-state index contributed by atoms with van der Waals surface area (Å²) in [5.41, 5.74) is 7.52. The summed E-state index contributed by atoms with van der Waals surface area (Å²) in [6.45, 7) is 6.28. The topological polar surface area (TPSA) is 108 Å². The molecule has 3 rings (SSSR count). The molecule has 2 unspecified atom stereocenters. The van der Waals surface area contributed by atoms with Crippen LogP contribution in [0.5, 0.6) is 5.75 Å². The fourth-order valence-corrected chi connectivity index (χ4v) is 5.58. The summed E-state index contributed by atoms with van der Waals surface area (Å²) in [5.74, 6) is 1.46. The molecule has 31 heavy (non-hydrogen) atoms. The van der Waals surface area contributed by atoms with Crippen molar-refractivity contribution in [2.75, 3.05) is 19.5 Å². The van der Waals surface area contributed by atoms with E-state index in [0.717, 1.165) is 22.6 Å².